The Labute approximate surface area is 125 Å². The third-order valence-electron chi connectivity index (χ3n) is 2.60. The molecule has 0 unspecified atom stereocenters. The van der Waals surface area contributed by atoms with E-state index < -0.39 is 5.97 Å². The maximum absolute atomic E-state index is 11.8. The summed E-state index contributed by atoms with van der Waals surface area (Å²) in [5.41, 5.74) is 7.55. The Hall–Kier alpha value is -1.85. The summed E-state index contributed by atoms with van der Waals surface area (Å²) in [6.45, 7) is 0.293. The van der Waals surface area contributed by atoms with Crippen LogP contribution in [-0.2, 0) is 16.1 Å². The van der Waals surface area contributed by atoms with Gasteiger partial charge >= 0.3 is 5.97 Å². The number of carbonyl (C=O) groups excluding carboxylic acids is 1. The van der Waals surface area contributed by atoms with E-state index in [1.165, 1.54) is 0 Å². The summed E-state index contributed by atoms with van der Waals surface area (Å²) in [5.74, 6) is -0.475. The Kier molecular flexibility index (Phi) is 5.15. The molecule has 0 aliphatic rings. The summed E-state index contributed by atoms with van der Waals surface area (Å²) in [6, 6.07) is 14.6. The Morgan fingerprint density at radius 1 is 1.15 bits per heavy atom. The lowest BCUT2D eigenvalue weighted by molar-refractivity contribution is -0.0381. The first-order valence-electron chi connectivity index (χ1n) is 6.00. The standard InChI is InChI=1S/C15H14BrNO3/c16-14-7-6-12(17)8-13(14)15(18)20-10-19-9-11-4-2-1-3-5-11/h1-8H,9-10,17H2. The fourth-order valence-electron chi connectivity index (χ4n) is 1.61. The number of nitrogen functional groups attached to an aromatic ring is 1. The van der Waals surface area contributed by atoms with E-state index in [4.69, 9.17) is 15.2 Å². The molecule has 0 saturated carbocycles. The summed E-state index contributed by atoms with van der Waals surface area (Å²) in [5, 5.41) is 0. The van der Waals surface area contributed by atoms with Gasteiger partial charge in [0.1, 0.15) is 0 Å². The highest BCUT2D eigenvalue weighted by atomic mass is 79.9. The smallest absolute Gasteiger partial charge is 0.341 e. The molecular weight excluding hydrogens is 322 g/mol. The van der Waals surface area contributed by atoms with Gasteiger partial charge in [0.15, 0.2) is 6.79 Å². The lowest BCUT2D eigenvalue weighted by Crippen LogP contribution is -2.10. The highest BCUT2D eigenvalue weighted by Crippen LogP contribution is 2.20. The molecule has 20 heavy (non-hydrogen) atoms. The van der Waals surface area contributed by atoms with Crippen molar-refractivity contribution >= 4 is 27.6 Å². The zero-order valence-electron chi connectivity index (χ0n) is 10.7. The monoisotopic (exact) mass is 335 g/mol. The molecule has 0 aliphatic heterocycles. The van der Waals surface area contributed by atoms with E-state index in [1.54, 1.807) is 18.2 Å². The third kappa shape index (κ3) is 4.08. The first-order chi connectivity index (χ1) is 9.66. The van der Waals surface area contributed by atoms with E-state index in [2.05, 4.69) is 15.9 Å². The molecule has 0 heterocycles. The van der Waals surface area contributed by atoms with Crippen LogP contribution < -0.4 is 5.73 Å². The number of nitrogens with two attached hydrogens (primary N) is 1. The summed E-state index contributed by atoms with van der Waals surface area (Å²) < 4.78 is 11.0. The van der Waals surface area contributed by atoms with Crippen molar-refractivity contribution in [2.75, 3.05) is 12.5 Å². The molecule has 0 bridgehead atoms. The van der Waals surface area contributed by atoms with Crippen LogP contribution in [-0.4, -0.2) is 12.8 Å². The molecule has 2 rings (SSSR count). The lowest BCUT2D eigenvalue weighted by atomic mass is 10.2. The van der Waals surface area contributed by atoms with E-state index in [1.807, 2.05) is 30.3 Å². The average molecular weight is 336 g/mol. The van der Waals surface area contributed by atoms with Gasteiger partial charge < -0.3 is 15.2 Å². The first-order valence-corrected chi connectivity index (χ1v) is 6.80. The predicted octanol–water partition coefficient (Wildman–Crippen LogP) is 3.36. The average Bonchev–Trinajstić information content (AvgIpc) is 2.47. The number of anilines is 1. The third-order valence-corrected chi connectivity index (χ3v) is 3.29. The molecule has 0 saturated heterocycles. The van der Waals surface area contributed by atoms with Crippen LogP contribution >= 0.6 is 15.9 Å². The van der Waals surface area contributed by atoms with Gasteiger partial charge in [-0.05, 0) is 39.7 Å². The highest BCUT2D eigenvalue weighted by molar-refractivity contribution is 9.10. The number of hydrogen-bond donors (Lipinski definition) is 1. The Bertz CT molecular complexity index is 587. The van der Waals surface area contributed by atoms with Gasteiger partial charge in [-0.2, -0.15) is 0 Å². The number of esters is 1. The maximum atomic E-state index is 11.8. The summed E-state index contributed by atoms with van der Waals surface area (Å²) >= 11 is 3.28. The maximum Gasteiger partial charge on any atom is 0.341 e. The largest absolute Gasteiger partial charge is 0.435 e. The van der Waals surface area contributed by atoms with E-state index in [0.717, 1.165) is 5.56 Å². The molecule has 0 spiro atoms. The van der Waals surface area contributed by atoms with Crippen molar-refractivity contribution in [1.82, 2.24) is 0 Å². The van der Waals surface area contributed by atoms with Crippen LogP contribution in [0.1, 0.15) is 15.9 Å². The van der Waals surface area contributed by atoms with Gasteiger partial charge in [-0.1, -0.05) is 30.3 Å². The summed E-state index contributed by atoms with van der Waals surface area (Å²) in [4.78, 5) is 11.8. The fourth-order valence-corrected chi connectivity index (χ4v) is 2.01. The van der Waals surface area contributed by atoms with Gasteiger partial charge in [-0.15, -0.1) is 0 Å². The molecule has 0 fully saturated rings. The molecule has 5 heteroatoms. The molecular formula is C15H14BrNO3. The van der Waals surface area contributed by atoms with E-state index >= 15 is 0 Å². The number of carbonyl (C=O) groups is 1. The van der Waals surface area contributed by atoms with Crippen LogP contribution in [0, 0.1) is 0 Å². The minimum atomic E-state index is -0.475. The highest BCUT2D eigenvalue weighted by Gasteiger charge is 2.11. The summed E-state index contributed by atoms with van der Waals surface area (Å²) in [7, 11) is 0. The Morgan fingerprint density at radius 2 is 1.90 bits per heavy atom. The zero-order valence-corrected chi connectivity index (χ0v) is 12.3. The van der Waals surface area contributed by atoms with Crippen molar-refractivity contribution in [1.29, 1.82) is 0 Å². The number of halogens is 1. The van der Waals surface area contributed by atoms with Gasteiger partial charge in [0.05, 0.1) is 12.2 Å². The second-order valence-electron chi connectivity index (χ2n) is 4.12. The minimum Gasteiger partial charge on any atom is -0.435 e. The molecule has 2 N–H and O–H groups in total. The van der Waals surface area contributed by atoms with Crippen molar-refractivity contribution < 1.29 is 14.3 Å². The van der Waals surface area contributed by atoms with E-state index in [-0.39, 0.29) is 6.79 Å². The van der Waals surface area contributed by atoms with Crippen LogP contribution in [0.5, 0.6) is 0 Å². The van der Waals surface area contributed by atoms with Crippen LogP contribution in [0.25, 0.3) is 0 Å². The van der Waals surface area contributed by atoms with Crippen molar-refractivity contribution in [2.45, 2.75) is 6.61 Å². The van der Waals surface area contributed by atoms with Crippen LogP contribution in [0.4, 0.5) is 5.69 Å². The van der Waals surface area contributed by atoms with Crippen LogP contribution in [0.3, 0.4) is 0 Å². The Morgan fingerprint density at radius 3 is 2.65 bits per heavy atom. The molecule has 2 aromatic carbocycles. The van der Waals surface area contributed by atoms with E-state index in [9.17, 15) is 4.79 Å². The number of benzene rings is 2. The topological polar surface area (TPSA) is 61.6 Å². The zero-order chi connectivity index (χ0) is 14.4. The molecule has 2 aromatic rings. The summed E-state index contributed by atoms with van der Waals surface area (Å²) in [6.07, 6.45) is 0. The molecule has 0 radical (unpaired) electrons. The molecule has 0 atom stereocenters. The first kappa shape index (κ1) is 14.6. The molecule has 0 amide bonds. The van der Waals surface area contributed by atoms with Crippen molar-refractivity contribution in [2.24, 2.45) is 0 Å². The van der Waals surface area contributed by atoms with Gasteiger partial charge in [-0.25, -0.2) is 4.79 Å². The van der Waals surface area contributed by atoms with Crippen molar-refractivity contribution in [3.05, 3.63) is 64.1 Å². The van der Waals surface area contributed by atoms with E-state index in [0.29, 0.717) is 22.3 Å². The number of hydrogen-bond acceptors (Lipinski definition) is 4. The second-order valence-corrected chi connectivity index (χ2v) is 4.98. The van der Waals surface area contributed by atoms with Gasteiger partial charge in [-0.3, -0.25) is 0 Å². The normalized spacial score (nSPS) is 10.2. The predicted molar refractivity (Wildman–Crippen MR) is 80.1 cm³/mol. The second kappa shape index (κ2) is 7.07. The Balaban J connectivity index is 1.82. The lowest BCUT2D eigenvalue weighted by Gasteiger charge is -2.08. The molecule has 4 nitrogen and oxygen atoms in total. The quantitative estimate of drug-likeness (QED) is 0.394. The van der Waals surface area contributed by atoms with Gasteiger partial charge in [0, 0.05) is 10.2 Å². The van der Waals surface area contributed by atoms with Crippen molar-refractivity contribution in [3.8, 4) is 0 Å². The van der Waals surface area contributed by atoms with Gasteiger partial charge in [0.2, 0.25) is 0 Å². The van der Waals surface area contributed by atoms with Gasteiger partial charge in [0.25, 0.3) is 0 Å². The molecule has 104 valence electrons. The number of rotatable bonds is 5. The molecule has 0 aromatic heterocycles. The van der Waals surface area contributed by atoms with Crippen LogP contribution in [0.2, 0.25) is 0 Å². The molecule has 0 aliphatic carbocycles. The van der Waals surface area contributed by atoms with Crippen LogP contribution in [0.15, 0.2) is 53.0 Å². The fraction of sp³-hybridized carbons (Fsp3) is 0.133. The minimum absolute atomic E-state index is 0.102. The van der Waals surface area contributed by atoms with Crippen molar-refractivity contribution in [3.63, 3.8) is 0 Å². The number of ether oxygens (including phenoxy) is 2. The SMILES string of the molecule is Nc1ccc(Br)c(C(=O)OCOCc2ccccc2)c1.